The van der Waals surface area contributed by atoms with Crippen LogP contribution >= 0.6 is 15.9 Å². The van der Waals surface area contributed by atoms with Gasteiger partial charge in [0, 0.05) is 16.7 Å². The molecule has 1 atom stereocenters. The number of para-hydroxylation sites is 1. The largest absolute Gasteiger partial charge is 0.384 e. The molecular formula is C11H17BrN2. The van der Waals surface area contributed by atoms with Crippen molar-refractivity contribution in [2.75, 3.05) is 18.4 Å². The molecule has 0 aromatic heterocycles. The molecule has 0 radical (unpaired) electrons. The molecule has 0 amide bonds. The SMILES string of the molecule is CC(CCN)CNc1ccccc1Br. The summed E-state index contributed by atoms with van der Waals surface area (Å²) in [6, 6.07) is 8.15. The van der Waals surface area contributed by atoms with Gasteiger partial charge in [0.25, 0.3) is 0 Å². The van der Waals surface area contributed by atoms with Crippen LogP contribution in [0.3, 0.4) is 0 Å². The van der Waals surface area contributed by atoms with E-state index in [1.54, 1.807) is 0 Å². The Labute approximate surface area is 94.0 Å². The highest BCUT2D eigenvalue weighted by molar-refractivity contribution is 9.10. The maximum Gasteiger partial charge on any atom is 0.0484 e. The number of hydrogen-bond acceptors (Lipinski definition) is 2. The monoisotopic (exact) mass is 256 g/mol. The highest BCUT2D eigenvalue weighted by Gasteiger charge is 2.01. The van der Waals surface area contributed by atoms with Gasteiger partial charge in [0.1, 0.15) is 0 Å². The molecule has 0 saturated heterocycles. The van der Waals surface area contributed by atoms with Gasteiger partial charge in [-0.25, -0.2) is 0 Å². The molecule has 2 nitrogen and oxygen atoms in total. The van der Waals surface area contributed by atoms with Crippen molar-refractivity contribution in [2.24, 2.45) is 11.7 Å². The van der Waals surface area contributed by atoms with E-state index >= 15 is 0 Å². The van der Waals surface area contributed by atoms with Crippen molar-refractivity contribution in [1.29, 1.82) is 0 Å². The Morgan fingerprint density at radius 3 is 2.79 bits per heavy atom. The zero-order valence-corrected chi connectivity index (χ0v) is 10.0. The molecule has 3 N–H and O–H groups in total. The Bertz CT molecular complexity index is 276. The predicted octanol–water partition coefficient (Wildman–Crippen LogP) is 2.85. The first-order chi connectivity index (χ1) is 6.74. The maximum atomic E-state index is 5.49. The normalized spacial score (nSPS) is 12.5. The van der Waals surface area contributed by atoms with Crippen LogP contribution in [-0.4, -0.2) is 13.1 Å². The zero-order valence-electron chi connectivity index (χ0n) is 8.46. The number of nitrogens with two attached hydrogens (primary N) is 1. The third-order valence-corrected chi connectivity index (χ3v) is 2.87. The van der Waals surface area contributed by atoms with Crippen molar-refractivity contribution in [3.05, 3.63) is 28.7 Å². The second-order valence-electron chi connectivity index (χ2n) is 3.54. The van der Waals surface area contributed by atoms with Gasteiger partial charge in [-0.3, -0.25) is 0 Å². The molecule has 1 aromatic carbocycles. The minimum atomic E-state index is 0.618. The second kappa shape index (κ2) is 6.04. The van der Waals surface area contributed by atoms with Gasteiger partial charge in [0.15, 0.2) is 0 Å². The van der Waals surface area contributed by atoms with Crippen molar-refractivity contribution < 1.29 is 0 Å². The standard InChI is InChI=1S/C11H17BrN2/c1-9(6-7-13)8-14-11-5-3-2-4-10(11)12/h2-5,9,14H,6-8,13H2,1H3. The lowest BCUT2D eigenvalue weighted by molar-refractivity contribution is 0.568. The van der Waals surface area contributed by atoms with E-state index in [1.165, 1.54) is 0 Å². The lowest BCUT2D eigenvalue weighted by Gasteiger charge is -2.13. The van der Waals surface area contributed by atoms with Gasteiger partial charge in [-0.2, -0.15) is 0 Å². The first kappa shape index (κ1) is 11.5. The molecule has 0 heterocycles. The highest BCUT2D eigenvalue weighted by atomic mass is 79.9. The number of halogens is 1. The van der Waals surface area contributed by atoms with E-state index in [0.717, 1.165) is 29.7 Å². The van der Waals surface area contributed by atoms with Crippen LogP contribution < -0.4 is 11.1 Å². The Balaban J connectivity index is 2.41. The van der Waals surface area contributed by atoms with E-state index in [2.05, 4.69) is 34.2 Å². The molecule has 78 valence electrons. The Morgan fingerprint density at radius 1 is 1.43 bits per heavy atom. The molecule has 0 aliphatic heterocycles. The van der Waals surface area contributed by atoms with Gasteiger partial charge in [0.05, 0.1) is 0 Å². The van der Waals surface area contributed by atoms with Crippen LogP contribution in [0.4, 0.5) is 5.69 Å². The third-order valence-electron chi connectivity index (χ3n) is 2.17. The van der Waals surface area contributed by atoms with Crippen molar-refractivity contribution in [3.63, 3.8) is 0 Å². The van der Waals surface area contributed by atoms with Gasteiger partial charge in [-0.05, 0) is 46.9 Å². The lowest BCUT2D eigenvalue weighted by Crippen LogP contribution is -2.15. The molecule has 1 aromatic rings. The quantitative estimate of drug-likeness (QED) is 0.851. The van der Waals surface area contributed by atoms with E-state index in [-0.39, 0.29) is 0 Å². The molecule has 1 unspecified atom stereocenters. The van der Waals surface area contributed by atoms with Crippen LogP contribution in [0.25, 0.3) is 0 Å². The topological polar surface area (TPSA) is 38.0 Å². The van der Waals surface area contributed by atoms with Crippen molar-refractivity contribution in [1.82, 2.24) is 0 Å². The minimum Gasteiger partial charge on any atom is -0.384 e. The van der Waals surface area contributed by atoms with Gasteiger partial charge in [0.2, 0.25) is 0 Å². The molecule has 3 heteroatoms. The van der Waals surface area contributed by atoms with Gasteiger partial charge in [-0.15, -0.1) is 0 Å². The van der Waals surface area contributed by atoms with Crippen molar-refractivity contribution in [2.45, 2.75) is 13.3 Å². The van der Waals surface area contributed by atoms with Crippen LogP contribution in [-0.2, 0) is 0 Å². The van der Waals surface area contributed by atoms with Gasteiger partial charge < -0.3 is 11.1 Å². The fourth-order valence-electron chi connectivity index (χ4n) is 1.28. The summed E-state index contributed by atoms with van der Waals surface area (Å²) in [5, 5.41) is 3.40. The number of nitrogens with one attached hydrogen (secondary N) is 1. The molecule has 0 aliphatic rings. The molecule has 0 fully saturated rings. The fourth-order valence-corrected chi connectivity index (χ4v) is 1.70. The van der Waals surface area contributed by atoms with Gasteiger partial charge in [-0.1, -0.05) is 19.1 Å². The van der Waals surface area contributed by atoms with E-state index in [0.29, 0.717) is 5.92 Å². The minimum absolute atomic E-state index is 0.618. The summed E-state index contributed by atoms with van der Waals surface area (Å²) in [5.74, 6) is 0.618. The van der Waals surface area contributed by atoms with Crippen LogP contribution in [0.2, 0.25) is 0 Å². The first-order valence-corrected chi connectivity index (χ1v) is 5.71. The second-order valence-corrected chi connectivity index (χ2v) is 4.40. The predicted molar refractivity (Wildman–Crippen MR) is 65.5 cm³/mol. The molecule has 0 saturated carbocycles. The first-order valence-electron chi connectivity index (χ1n) is 4.92. The van der Waals surface area contributed by atoms with Crippen LogP contribution in [0.5, 0.6) is 0 Å². The molecule has 0 bridgehead atoms. The Hall–Kier alpha value is -0.540. The summed E-state index contributed by atoms with van der Waals surface area (Å²) < 4.78 is 1.11. The lowest BCUT2D eigenvalue weighted by atomic mass is 10.1. The summed E-state index contributed by atoms with van der Waals surface area (Å²) in [6.45, 7) is 3.94. The van der Waals surface area contributed by atoms with E-state index < -0.39 is 0 Å². The van der Waals surface area contributed by atoms with E-state index in [1.807, 2.05) is 18.2 Å². The zero-order chi connectivity index (χ0) is 10.4. The van der Waals surface area contributed by atoms with Crippen LogP contribution in [0, 0.1) is 5.92 Å². The number of anilines is 1. The van der Waals surface area contributed by atoms with Crippen molar-refractivity contribution in [3.8, 4) is 0 Å². The average molecular weight is 257 g/mol. The molecule has 0 aliphatic carbocycles. The molecule has 0 spiro atoms. The highest BCUT2D eigenvalue weighted by Crippen LogP contribution is 2.21. The molecule has 1 rings (SSSR count). The van der Waals surface area contributed by atoms with Gasteiger partial charge >= 0.3 is 0 Å². The van der Waals surface area contributed by atoms with E-state index in [9.17, 15) is 0 Å². The Kier molecular flexibility index (Phi) is 4.98. The number of benzene rings is 1. The smallest absolute Gasteiger partial charge is 0.0484 e. The maximum absolute atomic E-state index is 5.49. The summed E-state index contributed by atoms with van der Waals surface area (Å²) in [7, 11) is 0. The summed E-state index contributed by atoms with van der Waals surface area (Å²) in [4.78, 5) is 0. The molecular weight excluding hydrogens is 240 g/mol. The van der Waals surface area contributed by atoms with E-state index in [4.69, 9.17) is 5.73 Å². The number of rotatable bonds is 5. The summed E-state index contributed by atoms with van der Waals surface area (Å²) in [6.07, 6.45) is 1.07. The fraction of sp³-hybridized carbons (Fsp3) is 0.455. The van der Waals surface area contributed by atoms with Crippen LogP contribution in [0.15, 0.2) is 28.7 Å². The average Bonchev–Trinajstić information content (AvgIpc) is 2.17. The summed E-state index contributed by atoms with van der Waals surface area (Å²) in [5.41, 5.74) is 6.64. The third kappa shape index (κ3) is 3.68. The Morgan fingerprint density at radius 2 is 2.14 bits per heavy atom. The summed E-state index contributed by atoms with van der Waals surface area (Å²) >= 11 is 3.50. The number of hydrogen-bond donors (Lipinski definition) is 2. The van der Waals surface area contributed by atoms with Crippen molar-refractivity contribution >= 4 is 21.6 Å². The van der Waals surface area contributed by atoms with Crippen LogP contribution in [0.1, 0.15) is 13.3 Å². The molecule has 14 heavy (non-hydrogen) atoms.